The summed E-state index contributed by atoms with van der Waals surface area (Å²) in [7, 11) is -4.26. The van der Waals surface area contributed by atoms with Gasteiger partial charge in [0.2, 0.25) is 0 Å². The van der Waals surface area contributed by atoms with Gasteiger partial charge in [-0.2, -0.15) is 0 Å². The van der Waals surface area contributed by atoms with E-state index >= 15 is 0 Å². The lowest BCUT2D eigenvalue weighted by Gasteiger charge is -2.40. The van der Waals surface area contributed by atoms with Gasteiger partial charge in [0.05, 0.1) is 24.9 Å². The van der Waals surface area contributed by atoms with Crippen LogP contribution in [0.2, 0.25) is 0 Å². The summed E-state index contributed by atoms with van der Waals surface area (Å²) in [6.45, 7) is 10.2. The quantitative estimate of drug-likeness (QED) is 0.296. The number of nitrogens with one attached hydrogen (secondary N) is 1. The Hall–Kier alpha value is -1.07. The lowest BCUT2D eigenvalue weighted by atomic mass is 9.90. The monoisotopic (exact) mass is 491 g/mol. The highest BCUT2D eigenvalue weighted by atomic mass is 31.2. The second kappa shape index (κ2) is 10.7. The van der Waals surface area contributed by atoms with E-state index in [-0.39, 0.29) is 18.6 Å². The van der Waals surface area contributed by atoms with Crippen LogP contribution >= 0.6 is 7.82 Å². The molecule has 1 aromatic rings. The van der Waals surface area contributed by atoms with Crippen molar-refractivity contribution in [1.82, 2.24) is 0 Å². The molecule has 190 valence electrons. The van der Waals surface area contributed by atoms with Crippen molar-refractivity contribution >= 4 is 13.5 Å². The Morgan fingerprint density at radius 3 is 2.18 bits per heavy atom. The molecule has 10 nitrogen and oxygen atoms in total. The van der Waals surface area contributed by atoms with Gasteiger partial charge in [0.15, 0.2) is 0 Å². The van der Waals surface area contributed by atoms with Crippen LogP contribution in [0, 0.1) is 0 Å². The van der Waals surface area contributed by atoms with Gasteiger partial charge in [-0.25, -0.2) is 4.57 Å². The van der Waals surface area contributed by atoms with Crippen LogP contribution in [0.3, 0.4) is 0 Å². The fourth-order valence-electron chi connectivity index (χ4n) is 3.50. The minimum atomic E-state index is -4.26. The van der Waals surface area contributed by atoms with Crippen molar-refractivity contribution in [2.75, 3.05) is 11.9 Å². The minimum Gasteiger partial charge on any atom is -0.394 e. The molecule has 0 aliphatic carbocycles. The summed E-state index contributed by atoms with van der Waals surface area (Å²) in [5.41, 5.74) is 0.872. The number of aliphatic hydroxyl groups excluding tert-OH is 4. The molecule has 1 heterocycles. The van der Waals surface area contributed by atoms with Crippen molar-refractivity contribution in [1.29, 1.82) is 0 Å². The van der Waals surface area contributed by atoms with E-state index in [1.54, 1.807) is 39.0 Å². The molecule has 6 N–H and O–H groups in total. The van der Waals surface area contributed by atoms with Gasteiger partial charge in [-0.1, -0.05) is 12.1 Å². The second-order valence-corrected chi connectivity index (χ2v) is 11.8. The van der Waals surface area contributed by atoms with Gasteiger partial charge in [-0.15, -0.1) is 0 Å². The first-order chi connectivity index (χ1) is 15.0. The van der Waals surface area contributed by atoms with Crippen molar-refractivity contribution in [2.24, 2.45) is 0 Å². The van der Waals surface area contributed by atoms with Crippen LogP contribution in [0.15, 0.2) is 18.2 Å². The predicted octanol–water partition coefficient (Wildman–Crippen LogP) is 1.71. The average Bonchev–Trinajstić information content (AvgIpc) is 2.65. The number of hydrogen-bond donors (Lipinski definition) is 6. The van der Waals surface area contributed by atoms with Crippen molar-refractivity contribution in [3.05, 3.63) is 29.3 Å². The van der Waals surface area contributed by atoms with Crippen LogP contribution in [0.5, 0.6) is 0 Å². The summed E-state index contributed by atoms with van der Waals surface area (Å²) < 4.78 is 28.1. The van der Waals surface area contributed by atoms with Gasteiger partial charge >= 0.3 is 7.82 Å². The molecule has 1 aliphatic rings. The molecule has 2 rings (SSSR count). The molecule has 6 atom stereocenters. The number of benzene rings is 1. The molecule has 33 heavy (non-hydrogen) atoms. The van der Waals surface area contributed by atoms with E-state index in [0.29, 0.717) is 11.3 Å². The molecule has 11 heteroatoms. The maximum Gasteiger partial charge on any atom is 0.473 e. The number of aliphatic hydroxyl groups is 4. The molecule has 1 aromatic carbocycles. The Morgan fingerprint density at radius 1 is 1.03 bits per heavy atom. The van der Waals surface area contributed by atoms with E-state index < -0.39 is 50.6 Å². The van der Waals surface area contributed by atoms with Crippen molar-refractivity contribution in [2.45, 2.75) is 96.2 Å². The standard InChI is InChI=1S/C22H38NO9P/c1-21(2,3)23-15-9-13(12-30-33(28,29)32-22(4,5)6)7-8-14(15)10-16-18(25)20(27)19(26)17(11-24)31-16/h7-9,16-20,23-27H,10-12H2,1-6H3,(H,28,29). The van der Waals surface area contributed by atoms with Gasteiger partial charge in [0.25, 0.3) is 0 Å². The van der Waals surface area contributed by atoms with Crippen molar-refractivity contribution in [3.63, 3.8) is 0 Å². The number of rotatable bonds is 8. The minimum absolute atomic E-state index is 0.164. The third-order valence-corrected chi connectivity index (χ3v) is 6.11. The first-order valence-electron chi connectivity index (χ1n) is 10.9. The molecule has 0 amide bonds. The van der Waals surface area contributed by atoms with E-state index in [9.17, 15) is 29.9 Å². The highest BCUT2D eigenvalue weighted by Crippen LogP contribution is 2.48. The van der Waals surface area contributed by atoms with Crippen molar-refractivity contribution in [3.8, 4) is 0 Å². The summed E-state index contributed by atoms with van der Waals surface area (Å²) in [6.07, 6.45) is -5.87. The number of anilines is 1. The Balaban J connectivity index is 2.24. The molecule has 1 fully saturated rings. The van der Waals surface area contributed by atoms with E-state index in [1.165, 1.54) is 0 Å². The highest BCUT2D eigenvalue weighted by molar-refractivity contribution is 7.47. The SMILES string of the molecule is CC(C)(C)Nc1cc(COP(=O)(O)OC(C)(C)C)ccc1CC1OC(CO)C(O)C(O)C1O. The van der Waals surface area contributed by atoms with Gasteiger partial charge in [-0.3, -0.25) is 9.05 Å². The Labute approximate surface area is 195 Å². The number of phosphoric ester groups is 1. The largest absolute Gasteiger partial charge is 0.473 e. The Morgan fingerprint density at radius 2 is 1.64 bits per heavy atom. The predicted molar refractivity (Wildman–Crippen MR) is 123 cm³/mol. The highest BCUT2D eigenvalue weighted by Gasteiger charge is 2.43. The van der Waals surface area contributed by atoms with E-state index in [1.807, 2.05) is 20.8 Å². The fraction of sp³-hybridized carbons (Fsp3) is 0.727. The molecule has 0 aromatic heterocycles. The van der Waals surface area contributed by atoms with E-state index in [0.717, 1.165) is 5.56 Å². The second-order valence-electron chi connectivity index (χ2n) is 10.4. The van der Waals surface area contributed by atoms with Crippen LogP contribution in [-0.4, -0.2) is 73.6 Å². The molecule has 1 aliphatic heterocycles. The molecule has 0 radical (unpaired) electrons. The topological polar surface area (TPSA) is 158 Å². The van der Waals surface area contributed by atoms with Crippen LogP contribution in [-0.2, 0) is 31.4 Å². The van der Waals surface area contributed by atoms with Gasteiger partial charge in [-0.05, 0) is 58.7 Å². The van der Waals surface area contributed by atoms with Crippen LogP contribution in [0.1, 0.15) is 52.7 Å². The molecule has 1 saturated heterocycles. The maximum atomic E-state index is 12.2. The third kappa shape index (κ3) is 8.58. The zero-order valence-corrected chi connectivity index (χ0v) is 21.0. The fourth-order valence-corrected chi connectivity index (χ4v) is 4.56. The molecule has 0 saturated carbocycles. The number of ether oxygens (including phenoxy) is 1. The smallest absolute Gasteiger partial charge is 0.394 e. The van der Waals surface area contributed by atoms with Crippen LogP contribution < -0.4 is 5.32 Å². The maximum absolute atomic E-state index is 12.2. The Bertz CT molecular complexity index is 834. The Kier molecular flexibility index (Phi) is 9.12. The first kappa shape index (κ1) is 28.2. The summed E-state index contributed by atoms with van der Waals surface area (Å²) in [5.74, 6) is 0. The lowest BCUT2D eigenvalue weighted by Crippen LogP contribution is -2.59. The van der Waals surface area contributed by atoms with Crippen molar-refractivity contribution < 1.29 is 43.7 Å². The molecular weight excluding hydrogens is 453 g/mol. The van der Waals surface area contributed by atoms with Crippen LogP contribution in [0.4, 0.5) is 5.69 Å². The summed E-state index contributed by atoms with van der Waals surface area (Å²) in [5, 5.41) is 43.3. The van der Waals surface area contributed by atoms with Gasteiger partial charge in [0, 0.05) is 17.6 Å². The zero-order chi connectivity index (χ0) is 25.2. The number of phosphoric acid groups is 1. The van der Waals surface area contributed by atoms with Crippen LogP contribution in [0.25, 0.3) is 0 Å². The zero-order valence-electron chi connectivity index (χ0n) is 20.1. The molecular formula is C22H38NO9P. The average molecular weight is 492 g/mol. The van der Waals surface area contributed by atoms with Gasteiger partial charge < -0.3 is 35.4 Å². The lowest BCUT2D eigenvalue weighted by molar-refractivity contribution is -0.228. The molecule has 0 spiro atoms. The number of hydrogen-bond acceptors (Lipinski definition) is 9. The first-order valence-corrected chi connectivity index (χ1v) is 12.4. The molecule has 6 unspecified atom stereocenters. The van der Waals surface area contributed by atoms with Gasteiger partial charge in [0.1, 0.15) is 24.4 Å². The normalized spacial score (nSPS) is 28.4. The summed E-state index contributed by atoms with van der Waals surface area (Å²) in [4.78, 5) is 9.95. The van der Waals surface area contributed by atoms with E-state index in [4.69, 9.17) is 13.8 Å². The van der Waals surface area contributed by atoms with E-state index in [2.05, 4.69) is 5.32 Å². The summed E-state index contributed by atoms with van der Waals surface area (Å²) >= 11 is 0. The summed E-state index contributed by atoms with van der Waals surface area (Å²) in [6, 6.07) is 5.24. The third-order valence-electron chi connectivity index (χ3n) is 4.88. The molecule has 0 bridgehead atoms.